The Balaban J connectivity index is 1.57. The third-order valence-corrected chi connectivity index (χ3v) is 4.42. The number of hydrogen-bond donors (Lipinski definition) is 1. The summed E-state index contributed by atoms with van der Waals surface area (Å²) in [4.78, 5) is 3.12. The third kappa shape index (κ3) is 2.90. The molecule has 1 fully saturated rings. The molecule has 2 atom stereocenters. The lowest BCUT2D eigenvalue weighted by Crippen LogP contribution is -2.44. The van der Waals surface area contributed by atoms with E-state index >= 15 is 0 Å². The predicted molar refractivity (Wildman–Crippen MR) is 80.5 cm³/mol. The van der Waals surface area contributed by atoms with Gasteiger partial charge in [0, 0.05) is 25.4 Å². The molecule has 2 aliphatic rings. The summed E-state index contributed by atoms with van der Waals surface area (Å²) in [5.41, 5.74) is 7.11. The fourth-order valence-electron chi connectivity index (χ4n) is 3.10. The topological polar surface area (TPSA) is 38.5 Å². The van der Waals surface area contributed by atoms with Crippen molar-refractivity contribution in [3.63, 3.8) is 0 Å². The Labute approximate surface area is 119 Å². The van der Waals surface area contributed by atoms with E-state index < -0.39 is 0 Å². The minimum absolute atomic E-state index is 0.280. The van der Waals surface area contributed by atoms with Crippen LogP contribution in [0, 0.1) is 5.92 Å². The fourth-order valence-corrected chi connectivity index (χ4v) is 3.29. The second-order valence-electron chi connectivity index (χ2n) is 5.55. The van der Waals surface area contributed by atoms with Crippen molar-refractivity contribution in [2.24, 2.45) is 11.7 Å². The van der Waals surface area contributed by atoms with Gasteiger partial charge in [0.05, 0.1) is 4.99 Å². The lowest BCUT2D eigenvalue weighted by Gasteiger charge is -2.33. The quantitative estimate of drug-likeness (QED) is 0.857. The molecule has 0 amide bonds. The SMILES string of the molecule is NC(=S)C1CCCN(CC2Cc3ccccc3O2)C1. The molecule has 3 rings (SSSR count). The zero-order valence-electron chi connectivity index (χ0n) is 11.0. The van der Waals surface area contributed by atoms with E-state index in [1.807, 2.05) is 6.07 Å². The zero-order valence-corrected chi connectivity index (χ0v) is 11.9. The average molecular weight is 276 g/mol. The molecule has 2 N–H and O–H groups in total. The zero-order chi connectivity index (χ0) is 13.2. The molecule has 2 unspecified atom stereocenters. The van der Waals surface area contributed by atoms with Gasteiger partial charge in [0.1, 0.15) is 11.9 Å². The number of ether oxygens (including phenoxy) is 1. The summed E-state index contributed by atoms with van der Waals surface area (Å²) in [5.74, 6) is 1.43. The maximum Gasteiger partial charge on any atom is 0.123 e. The summed E-state index contributed by atoms with van der Waals surface area (Å²) in [5, 5.41) is 0. The Kier molecular flexibility index (Phi) is 3.71. The van der Waals surface area contributed by atoms with Crippen LogP contribution in [-0.2, 0) is 6.42 Å². The second-order valence-corrected chi connectivity index (χ2v) is 6.02. The van der Waals surface area contributed by atoms with E-state index in [0.29, 0.717) is 10.9 Å². The highest BCUT2D eigenvalue weighted by Gasteiger charge is 2.28. The first-order valence-corrected chi connectivity index (χ1v) is 7.39. The number of rotatable bonds is 3. The lowest BCUT2D eigenvalue weighted by molar-refractivity contribution is 0.124. The van der Waals surface area contributed by atoms with E-state index in [4.69, 9.17) is 22.7 Å². The molecule has 0 bridgehead atoms. The minimum atomic E-state index is 0.280. The van der Waals surface area contributed by atoms with Gasteiger partial charge in [-0.3, -0.25) is 4.90 Å². The van der Waals surface area contributed by atoms with Crippen molar-refractivity contribution in [1.82, 2.24) is 4.90 Å². The first-order valence-electron chi connectivity index (χ1n) is 6.98. The molecule has 0 saturated carbocycles. The maximum atomic E-state index is 6.00. The first kappa shape index (κ1) is 12.9. The molecular weight excluding hydrogens is 256 g/mol. The molecule has 4 heteroatoms. The van der Waals surface area contributed by atoms with Gasteiger partial charge < -0.3 is 10.5 Å². The van der Waals surface area contributed by atoms with Crippen molar-refractivity contribution in [1.29, 1.82) is 0 Å². The van der Waals surface area contributed by atoms with Crippen LogP contribution in [0.4, 0.5) is 0 Å². The summed E-state index contributed by atoms with van der Waals surface area (Å²) in [6.07, 6.45) is 3.62. The number of piperidine rings is 1. The number of benzene rings is 1. The summed E-state index contributed by atoms with van der Waals surface area (Å²) < 4.78 is 6.00. The first-order chi connectivity index (χ1) is 9.22. The summed E-state index contributed by atoms with van der Waals surface area (Å²) in [7, 11) is 0. The van der Waals surface area contributed by atoms with Crippen molar-refractivity contribution in [3.05, 3.63) is 29.8 Å². The summed E-state index contributed by atoms with van der Waals surface area (Å²) >= 11 is 5.13. The molecule has 1 aromatic rings. The van der Waals surface area contributed by atoms with Crippen molar-refractivity contribution < 1.29 is 4.74 Å². The number of fused-ring (bicyclic) bond motifs is 1. The average Bonchev–Trinajstić information content (AvgIpc) is 2.81. The van der Waals surface area contributed by atoms with Gasteiger partial charge in [-0.2, -0.15) is 0 Å². The molecule has 0 aromatic heterocycles. The Morgan fingerprint density at radius 2 is 2.26 bits per heavy atom. The third-order valence-electron chi connectivity index (χ3n) is 4.08. The fraction of sp³-hybridized carbons (Fsp3) is 0.533. The van der Waals surface area contributed by atoms with Gasteiger partial charge in [0.2, 0.25) is 0 Å². The molecular formula is C15H20N2OS. The molecule has 2 aliphatic heterocycles. The standard InChI is InChI=1S/C15H20N2OS/c16-15(19)12-5-3-7-17(9-12)10-13-8-11-4-1-2-6-14(11)18-13/h1-2,4,6,12-13H,3,5,7-10H2,(H2,16,19). The lowest BCUT2D eigenvalue weighted by atomic mass is 9.97. The molecule has 3 nitrogen and oxygen atoms in total. The smallest absolute Gasteiger partial charge is 0.123 e. The minimum Gasteiger partial charge on any atom is -0.488 e. The number of para-hydroxylation sites is 1. The van der Waals surface area contributed by atoms with E-state index in [1.54, 1.807) is 0 Å². The monoisotopic (exact) mass is 276 g/mol. The molecule has 19 heavy (non-hydrogen) atoms. The van der Waals surface area contributed by atoms with E-state index in [2.05, 4.69) is 23.1 Å². The van der Waals surface area contributed by atoms with Crippen LogP contribution in [0.5, 0.6) is 5.75 Å². The molecule has 0 spiro atoms. The van der Waals surface area contributed by atoms with Crippen molar-refractivity contribution in [2.75, 3.05) is 19.6 Å². The van der Waals surface area contributed by atoms with Crippen LogP contribution in [0.1, 0.15) is 18.4 Å². The van der Waals surface area contributed by atoms with Crippen LogP contribution >= 0.6 is 12.2 Å². The van der Waals surface area contributed by atoms with E-state index in [9.17, 15) is 0 Å². The maximum absolute atomic E-state index is 6.00. The summed E-state index contributed by atoms with van der Waals surface area (Å²) in [6, 6.07) is 8.33. The molecule has 1 saturated heterocycles. The van der Waals surface area contributed by atoms with Crippen LogP contribution < -0.4 is 10.5 Å². The van der Waals surface area contributed by atoms with Crippen LogP contribution in [0.3, 0.4) is 0 Å². The van der Waals surface area contributed by atoms with E-state index in [0.717, 1.165) is 38.2 Å². The number of nitrogens with zero attached hydrogens (tertiary/aromatic N) is 1. The molecule has 0 radical (unpaired) electrons. The highest BCUT2D eigenvalue weighted by molar-refractivity contribution is 7.80. The van der Waals surface area contributed by atoms with Crippen LogP contribution in [-0.4, -0.2) is 35.6 Å². The number of hydrogen-bond acceptors (Lipinski definition) is 3. The van der Waals surface area contributed by atoms with Crippen LogP contribution in [0.2, 0.25) is 0 Å². The van der Waals surface area contributed by atoms with Gasteiger partial charge >= 0.3 is 0 Å². The van der Waals surface area contributed by atoms with Crippen LogP contribution in [0.25, 0.3) is 0 Å². The van der Waals surface area contributed by atoms with Crippen molar-refractivity contribution in [3.8, 4) is 5.75 Å². The Bertz CT molecular complexity index is 452. The molecule has 2 heterocycles. The highest BCUT2D eigenvalue weighted by atomic mass is 32.1. The van der Waals surface area contributed by atoms with Gasteiger partial charge in [0.25, 0.3) is 0 Å². The van der Waals surface area contributed by atoms with Crippen LogP contribution in [0.15, 0.2) is 24.3 Å². The van der Waals surface area contributed by atoms with E-state index in [-0.39, 0.29) is 6.10 Å². The highest BCUT2D eigenvalue weighted by Crippen LogP contribution is 2.29. The van der Waals surface area contributed by atoms with Crippen molar-refractivity contribution >= 4 is 17.2 Å². The molecule has 102 valence electrons. The van der Waals surface area contributed by atoms with Gasteiger partial charge in [-0.1, -0.05) is 30.4 Å². The van der Waals surface area contributed by atoms with Crippen molar-refractivity contribution in [2.45, 2.75) is 25.4 Å². The second kappa shape index (κ2) is 5.47. The number of thiocarbonyl (C=S) groups is 1. The summed E-state index contributed by atoms with van der Waals surface area (Å²) in [6.45, 7) is 3.11. The molecule has 0 aliphatic carbocycles. The van der Waals surface area contributed by atoms with Gasteiger partial charge in [-0.25, -0.2) is 0 Å². The molecule has 1 aromatic carbocycles. The Morgan fingerprint density at radius 1 is 1.42 bits per heavy atom. The normalized spacial score (nSPS) is 26.7. The number of likely N-dealkylation sites (tertiary alicyclic amines) is 1. The number of nitrogens with two attached hydrogens (primary N) is 1. The van der Waals surface area contributed by atoms with Gasteiger partial charge in [-0.15, -0.1) is 0 Å². The Morgan fingerprint density at radius 3 is 3.05 bits per heavy atom. The van der Waals surface area contributed by atoms with Gasteiger partial charge in [0.15, 0.2) is 0 Å². The van der Waals surface area contributed by atoms with E-state index in [1.165, 1.54) is 12.0 Å². The largest absolute Gasteiger partial charge is 0.488 e. The predicted octanol–water partition coefficient (Wildman–Crippen LogP) is 1.99. The Hall–Kier alpha value is -1.13. The van der Waals surface area contributed by atoms with Gasteiger partial charge in [-0.05, 0) is 31.0 Å².